The first-order valence-electron chi connectivity index (χ1n) is 7.83. The Morgan fingerprint density at radius 3 is 1.92 bits per heavy atom. The fraction of sp³-hybridized carbons (Fsp3) is 0.316. The largest absolute Gasteiger partial charge is 0.496 e. The zero-order valence-corrected chi connectivity index (χ0v) is 15.1. The van der Waals surface area contributed by atoms with Crippen LogP contribution in [0.25, 0.3) is 0 Å². The van der Waals surface area contributed by atoms with Gasteiger partial charge in [0.15, 0.2) is 11.5 Å². The third kappa shape index (κ3) is 4.50. The van der Waals surface area contributed by atoms with Crippen molar-refractivity contribution in [1.82, 2.24) is 0 Å². The van der Waals surface area contributed by atoms with Gasteiger partial charge >= 0.3 is 5.97 Å². The monoisotopic (exact) mass is 362 g/mol. The first-order chi connectivity index (χ1) is 12.5. The molecule has 0 heterocycles. The van der Waals surface area contributed by atoms with Gasteiger partial charge in [-0.15, -0.1) is 0 Å². The summed E-state index contributed by atoms with van der Waals surface area (Å²) in [6.07, 6.45) is 0. The normalized spacial score (nSPS) is 11.4. The Morgan fingerprint density at radius 2 is 1.42 bits per heavy atom. The van der Waals surface area contributed by atoms with E-state index in [-0.39, 0.29) is 6.61 Å². The topological polar surface area (TPSA) is 83.5 Å². The molecule has 2 aromatic carbocycles. The lowest BCUT2D eigenvalue weighted by atomic mass is 9.99. The molecule has 0 aliphatic rings. The van der Waals surface area contributed by atoms with Gasteiger partial charge in [0, 0.05) is 18.2 Å². The maximum absolute atomic E-state index is 11.7. The van der Waals surface area contributed by atoms with Crippen LogP contribution in [0.15, 0.2) is 36.4 Å². The third-order valence-electron chi connectivity index (χ3n) is 3.85. The van der Waals surface area contributed by atoms with Crippen LogP contribution in [-0.2, 0) is 4.79 Å². The molecule has 2 aromatic rings. The molecule has 2 rings (SSSR count). The highest BCUT2D eigenvalue weighted by atomic mass is 16.5. The third-order valence-corrected chi connectivity index (χ3v) is 3.85. The molecule has 0 spiro atoms. The van der Waals surface area contributed by atoms with Crippen molar-refractivity contribution in [2.75, 3.05) is 35.0 Å². The minimum atomic E-state index is -1.01. The Balaban J connectivity index is 2.23. The summed E-state index contributed by atoms with van der Waals surface area (Å²) in [7, 11) is 6.08. The molecule has 1 N–H and O–H groups in total. The average molecular weight is 362 g/mol. The lowest BCUT2D eigenvalue weighted by molar-refractivity contribution is -0.139. The fourth-order valence-corrected chi connectivity index (χ4v) is 2.42. The number of carbonyl (C=O) groups is 1. The van der Waals surface area contributed by atoms with E-state index in [1.807, 2.05) is 0 Å². The number of carboxylic acid groups (broad SMARTS) is 1. The van der Waals surface area contributed by atoms with Crippen LogP contribution in [0.4, 0.5) is 0 Å². The second-order valence-electron chi connectivity index (χ2n) is 5.36. The molecule has 0 bridgehead atoms. The molecule has 0 aliphatic heterocycles. The van der Waals surface area contributed by atoms with Gasteiger partial charge in [-0.2, -0.15) is 0 Å². The Kier molecular flexibility index (Phi) is 6.54. The Labute approximate surface area is 152 Å². The summed E-state index contributed by atoms with van der Waals surface area (Å²) >= 11 is 0. The second kappa shape index (κ2) is 8.84. The summed E-state index contributed by atoms with van der Waals surface area (Å²) in [6.45, 7) is -0.0683. The lowest BCUT2D eigenvalue weighted by Crippen LogP contribution is -2.19. The van der Waals surface area contributed by atoms with Gasteiger partial charge in [0.1, 0.15) is 29.8 Å². The number of aliphatic carboxylic acids is 1. The van der Waals surface area contributed by atoms with Gasteiger partial charge in [-0.3, -0.25) is 4.79 Å². The van der Waals surface area contributed by atoms with E-state index in [0.29, 0.717) is 34.3 Å². The summed E-state index contributed by atoms with van der Waals surface area (Å²) < 4.78 is 26.5. The SMILES string of the molecule is COc1cc(OC)cc(OCC(C(=O)O)c2ccc(OC)c(OC)c2)c1. The molecule has 0 amide bonds. The molecule has 0 saturated heterocycles. The number of carboxylic acids is 1. The van der Waals surface area contributed by atoms with Crippen LogP contribution in [0.5, 0.6) is 28.7 Å². The van der Waals surface area contributed by atoms with Gasteiger partial charge in [-0.1, -0.05) is 6.07 Å². The molecular weight excluding hydrogens is 340 g/mol. The smallest absolute Gasteiger partial charge is 0.314 e. The standard InChI is InChI=1S/C19H22O7/c1-22-13-8-14(23-2)10-15(9-13)26-11-16(19(20)21)12-5-6-17(24-3)18(7-12)25-4/h5-10,16H,11H2,1-4H3,(H,20,21). The highest BCUT2D eigenvalue weighted by Crippen LogP contribution is 2.32. The number of hydrogen-bond donors (Lipinski definition) is 1. The highest BCUT2D eigenvalue weighted by molar-refractivity contribution is 5.76. The van der Waals surface area contributed by atoms with Gasteiger partial charge < -0.3 is 28.8 Å². The van der Waals surface area contributed by atoms with Crippen LogP contribution in [0.1, 0.15) is 11.5 Å². The molecule has 7 heteroatoms. The predicted octanol–water partition coefficient (Wildman–Crippen LogP) is 2.97. The Morgan fingerprint density at radius 1 is 0.846 bits per heavy atom. The lowest BCUT2D eigenvalue weighted by Gasteiger charge is -2.17. The maximum Gasteiger partial charge on any atom is 0.314 e. The van der Waals surface area contributed by atoms with Crippen molar-refractivity contribution >= 4 is 5.97 Å². The van der Waals surface area contributed by atoms with Crippen molar-refractivity contribution in [3.05, 3.63) is 42.0 Å². The molecule has 140 valence electrons. The summed E-state index contributed by atoms with van der Waals surface area (Å²) in [6, 6.07) is 10.0. The van der Waals surface area contributed by atoms with Gasteiger partial charge in [0.2, 0.25) is 0 Å². The fourth-order valence-electron chi connectivity index (χ4n) is 2.42. The van der Waals surface area contributed by atoms with Crippen molar-refractivity contribution in [1.29, 1.82) is 0 Å². The molecule has 0 saturated carbocycles. The van der Waals surface area contributed by atoms with E-state index in [1.165, 1.54) is 28.4 Å². The Hall–Kier alpha value is -3.09. The molecule has 7 nitrogen and oxygen atoms in total. The van der Waals surface area contributed by atoms with Crippen LogP contribution >= 0.6 is 0 Å². The summed E-state index contributed by atoms with van der Waals surface area (Å²) in [4.78, 5) is 11.7. The summed E-state index contributed by atoms with van der Waals surface area (Å²) in [5.74, 6) is 0.653. The first-order valence-corrected chi connectivity index (χ1v) is 7.83. The highest BCUT2D eigenvalue weighted by Gasteiger charge is 2.23. The van der Waals surface area contributed by atoms with E-state index in [9.17, 15) is 9.90 Å². The van der Waals surface area contributed by atoms with E-state index in [0.717, 1.165) is 0 Å². The molecule has 1 unspecified atom stereocenters. The van der Waals surface area contributed by atoms with Crippen LogP contribution in [0.2, 0.25) is 0 Å². The van der Waals surface area contributed by atoms with E-state index in [4.69, 9.17) is 23.7 Å². The van der Waals surface area contributed by atoms with Gasteiger partial charge in [0.05, 0.1) is 28.4 Å². The maximum atomic E-state index is 11.7. The van der Waals surface area contributed by atoms with E-state index < -0.39 is 11.9 Å². The zero-order chi connectivity index (χ0) is 19.1. The van der Waals surface area contributed by atoms with Crippen molar-refractivity contribution in [3.8, 4) is 28.7 Å². The molecule has 0 aromatic heterocycles. The minimum Gasteiger partial charge on any atom is -0.496 e. The number of methoxy groups -OCH3 is 4. The molecule has 0 aliphatic carbocycles. The van der Waals surface area contributed by atoms with Crippen LogP contribution in [0, 0.1) is 0 Å². The Bertz CT molecular complexity index is 735. The van der Waals surface area contributed by atoms with Crippen LogP contribution < -0.4 is 23.7 Å². The zero-order valence-electron chi connectivity index (χ0n) is 15.1. The quantitative estimate of drug-likeness (QED) is 0.734. The second-order valence-corrected chi connectivity index (χ2v) is 5.36. The van der Waals surface area contributed by atoms with Gasteiger partial charge in [-0.25, -0.2) is 0 Å². The number of hydrogen-bond acceptors (Lipinski definition) is 6. The van der Waals surface area contributed by atoms with E-state index >= 15 is 0 Å². The van der Waals surface area contributed by atoms with Crippen molar-refractivity contribution < 1.29 is 33.6 Å². The molecule has 1 atom stereocenters. The molecule has 0 fully saturated rings. The van der Waals surface area contributed by atoms with Gasteiger partial charge in [-0.05, 0) is 17.7 Å². The molecule has 0 radical (unpaired) electrons. The number of benzene rings is 2. The number of rotatable bonds is 9. The van der Waals surface area contributed by atoms with Crippen molar-refractivity contribution in [2.24, 2.45) is 0 Å². The van der Waals surface area contributed by atoms with E-state index in [1.54, 1.807) is 36.4 Å². The van der Waals surface area contributed by atoms with E-state index in [2.05, 4.69) is 0 Å². The summed E-state index contributed by atoms with van der Waals surface area (Å²) in [5, 5.41) is 9.59. The van der Waals surface area contributed by atoms with Crippen molar-refractivity contribution in [2.45, 2.75) is 5.92 Å². The van der Waals surface area contributed by atoms with Gasteiger partial charge in [0.25, 0.3) is 0 Å². The summed E-state index contributed by atoms with van der Waals surface area (Å²) in [5.41, 5.74) is 0.546. The minimum absolute atomic E-state index is 0.0683. The van der Waals surface area contributed by atoms with Crippen molar-refractivity contribution in [3.63, 3.8) is 0 Å². The predicted molar refractivity (Wildman–Crippen MR) is 95.0 cm³/mol. The molecule has 26 heavy (non-hydrogen) atoms. The molecular formula is C19H22O7. The van der Waals surface area contributed by atoms with Crippen LogP contribution in [0.3, 0.4) is 0 Å². The number of ether oxygens (including phenoxy) is 5. The average Bonchev–Trinajstić information content (AvgIpc) is 2.67. The van der Waals surface area contributed by atoms with Crippen LogP contribution in [-0.4, -0.2) is 46.1 Å². The first kappa shape index (κ1) is 19.2.